The lowest BCUT2D eigenvalue weighted by molar-refractivity contribution is 0.0811. The Morgan fingerprint density at radius 1 is 1.22 bits per heavy atom. The van der Waals surface area contributed by atoms with Crippen LogP contribution >= 0.6 is 11.6 Å². The van der Waals surface area contributed by atoms with Crippen LogP contribution in [0.1, 0.15) is 28.8 Å². The summed E-state index contributed by atoms with van der Waals surface area (Å²) in [6, 6.07) is 14.5. The van der Waals surface area contributed by atoms with E-state index < -0.39 is 0 Å². The molecule has 2 aromatic rings. The molecule has 1 atom stereocenters. The Hall–Kier alpha value is -1.84. The Morgan fingerprint density at radius 2 is 2.00 bits per heavy atom. The summed E-state index contributed by atoms with van der Waals surface area (Å²) in [6.07, 6.45) is 1.95. The molecule has 0 saturated carbocycles. The molecule has 3 nitrogen and oxygen atoms in total. The third kappa shape index (κ3) is 4.12. The molecule has 0 amide bonds. The molecule has 1 fully saturated rings. The monoisotopic (exact) mass is 329 g/mol. The smallest absolute Gasteiger partial charge is 0.167 e. The summed E-state index contributed by atoms with van der Waals surface area (Å²) in [5.74, 6) is 0.512. The first-order valence-corrected chi connectivity index (χ1v) is 8.29. The molecule has 120 valence electrons. The predicted molar refractivity (Wildman–Crippen MR) is 91.9 cm³/mol. The highest BCUT2D eigenvalue weighted by Gasteiger charge is 2.26. The highest BCUT2D eigenvalue weighted by atomic mass is 35.5. The lowest BCUT2D eigenvalue weighted by Crippen LogP contribution is -2.38. The number of benzene rings is 2. The molecular weight excluding hydrogens is 310 g/mol. The second kappa shape index (κ2) is 7.16. The highest BCUT2D eigenvalue weighted by Crippen LogP contribution is 2.23. The summed E-state index contributed by atoms with van der Waals surface area (Å²) in [4.78, 5) is 14.9. The Balaban J connectivity index is 1.66. The van der Waals surface area contributed by atoms with E-state index in [9.17, 15) is 9.90 Å². The van der Waals surface area contributed by atoms with E-state index in [1.165, 1.54) is 0 Å². The van der Waals surface area contributed by atoms with Crippen LogP contribution in [0.3, 0.4) is 0 Å². The van der Waals surface area contributed by atoms with Gasteiger partial charge in [-0.2, -0.15) is 0 Å². The van der Waals surface area contributed by atoms with Crippen molar-refractivity contribution in [1.82, 2.24) is 4.90 Å². The molecule has 4 heteroatoms. The summed E-state index contributed by atoms with van der Waals surface area (Å²) >= 11 is 5.89. The Morgan fingerprint density at radius 3 is 2.74 bits per heavy atom. The molecule has 1 N–H and O–H groups in total. The van der Waals surface area contributed by atoms with Crippen LogP contribution in [0.15, 0.2) is 48.5 Å². The van der Waals surface area contributed by atoms with Crippen LogP contribution < -0.4 is 0 Å². The van der Waals surface area contributed by atoms with Crippen LogP contribution in [-0.4, -0.2) is 28.9 Å². The molecule has 0 spiro atoms. The number of phenolic OH excluding ortho intramolecular Hbond substituents is 1. The van der Waals surface area contributed by atoms with Gasteiger partial charge >= 0.3 is 0 Å². The summed E-state index contributed by atoms with van der Waals surface area (Å²) < 4.78 is 0. The molecule has 0 unspecified atom stereocenters. The minimum atomic E-state index is 0.0298. The molecule has 1 saturated heterocycles. The van der Waals surface area contributed by atoms with E-state index >= 15 is 0 Å². The lowest BCUT2D eigenvalue weighted by Gasteiger charge is -2.32. The maximum atomic E-state index is 12.7. The van der Waals surface area contributed by atoms with Gasteiger partial charge in [0.25, 0.3) is 0 Å². The average Bonchev–Trinajstić information content (AvgIpc) is 2.55. The van der Waals surface area contributed by atoms with Crippen molar-refractivity contribution in [2.45, 2.75) is 19.4 Å². The number of halogens is 1. The Labute approximate surface area is 141 Å². The van der Waals surface area contributed by atoms with Gasteiger partial charge in [-0.25, -0.2) is 0 Å². The second-order valence-electron chi connectivity index (χ2n) is 6.12. The van der Waals surface area contributed by atoms with Crippen molar-refractivity contribution >= 4 is 17.4 Å². The number of carbonyl (C=O) groups excluding carboxylic acids is 1. The maximum Gasteiger partial charge on any atom is 0.167 e. The number of nitrogens with zero attached hydrogens (tertiary/aromatic N) is 1. The van der Waals surface area contributed by atoms with Crippen molar-refractivity contribution < 1.29 is 9.90 Å². The van der Waals surface area contributed by atoms with Crippen molar-refractivity contribution in [2.24, 2.45) is 5.92 Å². The number of aromatic hydroxyl groups is 1. The van der Waals surface area contributed by atoms with Crippen LogP contribution in [0.25, 0.3) is 0 Å². The van der Waals surface area contributed by atoms with Crippen LogP contribution in [0.5, 0.6) is 5.75 Å². The zero-order valence-corrected chi connectivity index (χ0v) is 13.7. The SMILES string of the molecule is O=C(c1ccc(Cl)cc1)[C@H]1CCCN(Cc2cccc(O)c2)C1. The minimum absolute atomic E-state index is 0.0298. The first-order chi connectivity index (χ1) is 11.1. The number of likely N-dealkylation sites (tertiary alicyclic amines) is 1. The van der Waals surface area contributed by atoms with Gasteiger partial charge < -0.3 is 5.11 Å². The van der Waals surface area contributed by atoms with Gasteiger partial charge in [-0.1, -0.05) is 23.7 Å². The third-order valence-corrected chi connectivity index (χ3v) is 4.57. The number of phenols is 1. The van der Waals surface area contributed by atoms with Crippen LogP contribution in [0.2, 0.25) is 5.02 Å². The number of Topliss-reactive ketones (excluding diaryl/α,β-unsaturated/α-hetero) is 1. The van der Waals surface area contributed by atoms with E-state index in [-0.39, 0.29) is 17.5 Å². The van der Waals surface area contributed by atoms with E-state index in [1.54, 1.807) is 36.4 Å². The Kier molecular flexibility index (Phi) is 4.99. The molecular formula is C19H20ClNO2. The molecule has 0 bridgehead atoms. The number of rotatable bonds is 4. The van der Waals surface area contributed by atoms with Gasteiger partial charge in [-0.05, 0) is 61.3 Å². The van der Waals surface area contributed by atoms with E-state index in [2.05, 4.69) is 4.90 Å². The summed E-state index contributed by atoms with van der Waals surface area (Å²) in [5, 5.41) is 10.2. The molecule has 0 aliphatic carbocycles. The molecule has 1 aliphatic rings. The molecule has 2 aromatic carbocycles. The number of hydrogen-bond acceptors (Lipinski definition) is 3. The van der Waals surface area contributed by atoms with Crippen LogP contribution in [-0.2, 0) is 6.54 Å². The molecule has 1 aliphatic heterocycles. The van der Waals surface area contributed by atoms with Crippen molar-refractivity contribution in [1.29, 1.82) is 0 Å². The normalized spacial score (nSPS) is 18.7. The largest absolute Gasteiger partial charge is 0.508 e. The maximum absolute atomic E-state index is 12.7. The van der Waals surface area contributed by atoms with Crippen LogP contribution in [0.4, 0.5) is 0 Å². The third-order valence-electron chi connectivity index (χ3n) is 4.32. The zero-order valence-electron chi connectivity index (χ0n) is 12.9. The van der Waals surface area contributed by atoms with Gasteiger partial charge in [0.1, 0.15) is 5.75 Å². The fourth-order valence-corrected chi connectivity index (χ4v) is 3.30. The van der Waals surface area contributed by atoms with Gasteiger partial charge in [0.2, 0.25) is 0 Å². The predicted octanol–water partition coefficient (Wildman–Crippen LogP) is 4.14. The first-order valence-electron chi connectivity index (χ1n) is 7.92. The van der Waals surface area contributed by atoms with Crippen molar-refractivity contribution in [3.63, 3.8) is 0 Å². The Bertz CT molecular complexity index is 684. The lowest BCUT2D eigenvalue weighted by atomic mass is 9.90. The fraction of sp³-hybridized carbons (Fsp3) is 0.316. The van der Waals surface area contributed by atoms with E-state index in [1.807, 2.05) is 12.1 Å². The van der Waals surface area contributed by atoms with E-state index in [0.29, 0.717) is 5.02 Å². The number of hydrogen-bond donors (Lipinski definition) is 1. The topological polar surface area (TPSA) is 40.5 Å². The summed E-state index contributed by atoms with van der Waals surface area (Å²) in [5.41, 5.74) is 1.81. The zero-order chi connectivity index (χ0) is 16.2. The van der Waals surface area contributed by atoms with Gasteiger partial charge in [0.15, 0.2) is 5.78 Å². The molecule has 1 heterocycles. The molecule has 23 heavy (non-hydrogen) atoms. The second-order valence-corrected chi connectivity index (χ2v) is 6.55. The van der Waals surface area contributed by atoms with Crippen molar-refractivity contribution in [3.05, 3.63) is 64.7 Å². The van der Waals surface area contributed by atoms with Gasteiger partial charge in [0, 0.05) is 29.6 Å². The number of ketones is 1. The molecule has 3 rings (SSSR count). The van der Waals surface area contributed by atoms with E-state index in [4.69, 9.17) is 11.6 Å². The quantitative estimate of drug-likeness (QED) is 0.857. The highest BCUT2D eigenvalue weighted by molar-refractivity contribution is 6.30. The van der Waals surface area contributed by atoms with Gasteiger partial charge in [-0.15, -0.1) is 0 Å². The van der Waals surface area contributed by atoms with Crippen molar-refractivity contribution in [3.8, 4) is 5.75 Å². The number of piperidine rings is 1. The van der Waals surface area contributed by atoms with Crippen LogP contribution in [0, 0.1) is 5.92 Å². The summed E-state index contributed by atoms with van der Waals surface area (Å²) in [7, 11) is 0. The molecule has 0 radical (unpaired) electrons. The van der Waals surface area contributed by atoms with Gasteiger partial charge in [0.05, 0.1) is 0 Å². The first kappa shape index (κ1) is 16.0. The van der Waals surface area contributed by atoms with E-state index in [0.717, 1.165) is 43.6 Å². The fourth-order valence-electron chi connectivity index (χ4n) is 3.18. The minimum Gasteiger partial charge on any atom is -0.508 e. The summed E-state index contributed by atoms with van der Waals surface area (Å²) in [6.45, 7) is 2.51. The van der Waals surface area contributed by atoms with Crippen molar-refractivity contribution in [2.75, 3.05) is 13.1 Å². The molecule has 0 aromatic heterocycles. The number of carbonyl (C=O) groups is 1. The average molecular weight is 330 g/mol. The standard InChI is InChI=1S/C19H20ClNO2/c20-17-8-6-15(7-9-17)19(23)16-4-2-10-21(13-16)12-14-3-1-5-18(22)11-14/h1,3,5-9,11,16,22H,2,4,10,12-13H2/t16-/m0/s1. The van der Waals surface area contributed by atoms with Gasteiger partial charge in [-0.3, -0.25) is 9.69 Å².